The molecule has 0 amide bonds. The van der Waals surface area contributed by atoms with Crippen molar-refractivity contribution in [1.82, 2.24) is 4.98 Å². The molecule has 0 atom stereocenters. The molecule has 0 fully saturated rings. The second-order valence-corrected chi connectivity index (χ2v) is 4.52. The van der Waals surface area contributed by atoms with Gasteiger partial charge in [0.25, 0.3) is 0 Å². The summed E-state index contributed by atoms with van der Waals surface area (Å²) >= 11 is 5.25. The molecule has 0 bridgehead atoms. The summed E-state index contributed by atoms with van der Waals surface area (Å²) in [6.45, 7) is 6.42. The van der Waals surface area contributed by atoms with E-state index in [2.05, 4.69) is 41.7 Å². The van der Waals surface area contributed by atoms with E-state index in [4.69, 9.17) is 0 Å². The van der Waals surface area contributed by atoms with Crippen molar-refractivity contribution in [2.45, 2.75) is 32.0 Å². The fraction of sp³-hybridized carbons (Fsp3) is 0.625. The van der Waals surface area contributed by atoms with Crippen LogP contribution >= 0.6 is 27.3 Å². The number of hydrogen-bond donors (Lipinski definition) is 0. The van der Waals surface area contributed by atoms with E-state index in [0.29, 0.717) is 5.92 Å². The normalized spacial score (nSPS) is 11.0. The monoisotopic (exact) mass is 233 g/mol. The van der Waals surface area contributed by atoms with Gasteiger partial charge >= 0.3 is 0 Å². The Labute approximate surface area is 80.0 Å². The number of nitrogens with zero attached hydrogens (tertiary/aromatic N) is 1. The Bertz CT molecular complexity index is 242. The van der Waals surface area contributed by atoms with Gasteiger partial charge in [-0.05, 0) is 6.92 Å². The number of hydrogen-bond acceptors (Lipinski definition) is 2. The highest BCUT2D eigenvalue weighted by atomic mass is 79.9. The van der Waals surface area contributed by atoms with E-state index in [0.717, 1.165) is 5.33 Å². The zero-order chi connectivity index (χ0) is 8.43. The van der Waals surface area contributed by atoms with Crippen LogP contribution in [0.25, 0.3) is 0 Å². The fourth-order valence-electron chi connectivity index (χ4n) is 0.821. The zero-order valence-corrected chi connectivity index (χ0v) is 9.42. The average molecular weight is 234 g/mol. The number of aryl methyl sites for hydroxylation is 1. The Kier molecular flexibility index (Phi) is 3.07. The molecule has 0 aliphatic carbocycles. The van der Waals surface area contributed by atoms with Gasteiger partial charge in [0.2, 0.25) is 0 Å². The molecule has 0 saturated carbocycles. The van der Waals surface area contributed by atoms with E-state index in [1.807, 2.05) is 11.3 Å². The first kappa shape index (κ1) is 9.20. The van der Waals surface area contributed by atoms with Gasteiger partial charge < -0.3 is 0 Å². The molecule has 1 nitrogen and oxygen atoms in total. The Morgan fingerprint density at radius 1 is 1.55 bits per heavy atom. The predicted molar refractivity (Wildman–Crippen MR) is 53.6 cm³/mol. The first-order valence-electron chi connectivity index (χ1n) is 3.67. The van der Waals surface area contributed by atoms with Crippen LogP contribution in [-0.2, 0) is 5.33 Å². The molecule has 0 aromatic carbocycles. The van der Waals surface area contributed by atoms with Crippen LogP contribution in [0.2, 0.25) is 0 Å². The molecule has 1 rings (SSSR count). The SMILES string of the molecule is Cc1nc(C(C)C)sc1CBr. The van der Waals surface area contributed by atoms with Gasteiger partial charge in [-0.3, -0.25) is 0 Å². The molecule has 3 heteroatoms. The highest BCUT2D eigenvalue weighted by Gasteiger charge is 2.08. The van der Waals surface area contributed by atoms with E-state index in [9.17, 15) is 0 Å². The summed E-state index contributed by atoms with van der Waals surface area (Å²) in [7, 11) is 0. The van der Waals surface area contributed by atoms with E-state index in [1.54, 1.807) is 0 Å². The quantitative estimate of drug-likeness (QED) is 0.714. The summed E-state index contributed by atoms with van der Waals surface area (Å²) < 4.78 is 0. The molecule has 0 saturated heterocycles. The maximum absolute atomic E-state index is 4.47. The molecule has 0 radical (unpaired) electrons. The summed E-state index contributed by atoms with van der Waals surface area (Å²) in [5.74, 6) is 0.562. The standard InChI is InChI=1S/C8H12BrNS/c1-5(2)8-10-6(3)7(4-9)11-8/h5H,4H2,1-3H3. The third-order valence-corrected chi connectivity index (χ3v) is 3.91. The number of halogens is 1. The van der Waals surface area contributed by atoms with Crippen LogP contribution < -0.4 is 0 Å². The van der Waals surface area contributed by atoms with Crippen molar-refractivity contribution in [3.63, 3.8) is 0 Å². The Morgan fingerprint density at radius 3 is 2.45 bits per heavy atom. The van der Waals surface area contributed by atoms with Gasteiger partial charge in [-0.25, -0.2) is 4.98 Å². The Balaban J connectivity index is 2.95. The number of rotatable bonds is 2. The molecule has 0 aliphatic rings. The first-order valence-corrected chi connectivity index (χ1v) is 5.61. The molecular weight excluding hydrogens is 222 g/mol. The third kappa shape index (κ3) is 2.03. The summed E-state index contributed by atoms with van der Waals surface area (Å²) in [6.07, 6.45) is 0. The lowest BCUT2D eigenvalue weighted by Crippen LogP contribution is -1.84. The second kappa shape index (κ2) is 3.68. The predicted octanol–water partition coefficient (Wildman–Crippen LogP) is 3.47. The summed E-state index contributed by atoms with van der Waals surface area (Å²) in [6, 6.07) is 0. The highest BCUT2D eigenvalue weighted by Crippen LogP contribution is 2.25. The van der Waals surface area contributed by atoms with Gasteiger partial charge in [0.1, 0.15) is 0 Å². The van der Waals surface area contributed by atoms with Crippen LogP contribution in [0.1, 0.15) is 35.3 Å². The van der Waals surface area contributed by atoms with E-state index >= 15 is 0 Å². The number of aromatic nitrogens is 1. The van der Waals surface area contributed by atoms with Crippen molar-refractivity contribution in [2.75, 3.05) is 0 Å². The Hall–Kier alpha value is 0.110. The molecule has 0 spiro atoms. The highest BCUT2D eigenvalue weighted by molar-refractivity contribution is 9.08. The summed E-state index contributed by atoms with van der Waals surface area (Å²) in [5.41, 5.74) is 1.18. The molecule has 1 aromatic rings. The summed E-state index contributed by atoms with van der Waals surface area (Å²) in [5, 5.41) is 2.18. The molecular formula is C8H12BrNS. The van der Waals surface area contributed by atoms with E-state index in [-0.39, 0.29) is 0 Å². The van der Waals surface area contributed by atoms with Crippen molar-refractivity contribution in [1.29, 1.82) is 0 Å². The lowest BCUT2D eigenvalue weighted by Gasteiger charge is -1.94. The van der Waals surface area contributed by atoms with Gasteiger partial charge in [0.15, 0.2) is 0 Å². The van der Waals surface area contributed by atoms with E-state index < -0.39 is 0 Å². The van der Waals surface area contributed by atoms with Crippen molar-refractivity contribution in [3.05, 3.63) is 15.6 Å². The van der Waals surface area contributed by atoms with Gasteiger partial charge in [-0.15, -0.1) is 11.3 Å². The minimum Gasteiger partial charge on any atom is -0.246 e. The van der Waals surface area contributed by atoms with Gasteiger partial charge in [0, 0.05) is 16.1 Å². The van der Waals surface area contributed by atoms with Crippen LogP contribution in [0.15, 0.2) is 0 Å². The lowest BCUT2D eigenvalue weighted by atomic mass is 10.2. The maximum atomic E-state index is 4.47. The number of alkyl halides is 1. The van der Waals surface area contributed by atoms with Gasteiger partial charge in [-0.1, -0.05) is 29.8 Å². The van der Waals surface area contributed by atoms with Crippen molar-refractivity contribution >= 4 is 27.3 Å². The van der Waals surface area contributed by atoms with Crippen LogP contribution in [0.4, 0.5) is 0 Å². The largest absolute Gasteiger partial charge is 0.246 e. The molecule has 0 N–H and O–H groups in total. The third-order valence-electron chi connectivity index (χ3n) is 1.52. The van der Waals surface area contributed by atoms with Gasteiger partial charge in [-0.2, -0.15) is 0 Å². The smallest absolute Gasteiger partial charge is 0.0956 e. The Morgan fingerprint density at radius 2 is 2.18 bits per heavy atom. The van der Waals surface area contributed by atoms with E-state index in [1.165, 1.54) is 15.6 Å². The van der Waals surface area contributed by atoms with Crippen LogP contribution in [0, 0.1) is 6.92 Å². The van der Waals surface area contributed by atoms with Crippen LogP contribution in [-0.4, -0.2) is 4.98 Å². The minimum absolute atomic E-state index is 0.562. The number of thiazole rings is 1. The van der Waals surface area contributed by atoms with Crippen LogP contribution in [0.5, 0.6) is 0 Å². The fourth-order valence-corrected chi connectivity index (χ4v) is 2.49. The topological polar surface area (TPSA) is 12.9 Å². The lowest BCUT2D eigenvalue weighted by molar-refractivity contribution is 0.847. The van der Waals surface area contributed by atoms with Crippen molar-refractivity contribution in [3.8, 4) is 0 Å². The van der Waals surface area contributed by atoms with Crippen molar-refractivity contribution < 1.29 is 0 Å². The summed E-state index contributed by atoms with van der Waals surface area (Å²) in [4.78, 5) is 5.82. The molecule has 11 heavy (non-hydrogen) atoms. The molecule has 1 heterocycles. The second-order valence-electron chi connectivity index (χ2n) is 2.85. The molecule has 0 unspecified atom stereocenters. The molecule has 0 aliphatic heterocycles. The van der Waals surface area contributed by atoms with Crippen LogP contribution in [0.3, 0.4) is 0 Å². The maximum Gasteiger partial charge on any atom is 0.0956 e. The van der Waals surface area contributed by atoms with Crippen molar-refractivity contribution in [2.24, 2.45) is 0 Å². The molecule has 62 valence electrons. The zero-order valence-electron chi connectivity index (χ0n) is 7.02. The van der Waals surface area contributed by atoms with Gasteiger partial charge in [0.05, 0.1) is 10.7 Å². The molecule has 1 aromatic heterocycles. The first-order chi connectivity index (χ1) is 5.15. The minimum atomic E-state index is 0.562. The average Bonchev–Trinajstić information content (AvgIpc) is 2.31.